The Morgan fingerprint density at radius 2 is 2.16 bits per heavy atom. The van der Waals surface area contributed by atoms with Crippen LogP contribution >= 0.6 is 24.0 Å². The number of likely N-dealkylation sites (tertiary alicyclic amines) is 1. The molecule has 1 aromatic heterocycles. The normalized spacial score (nSPS) is 15.7. The molecule has 0 unspecified atom stereocenters. The number of piperidine rings is 1. The summed E-state index contributed by atoms with van der Waals surface area (Å²) in [6.45, 7) is 6.05. The largest absolute Gasteiger partial charge is 0.453 e. The second-order valence-electron chi connectivity index (χ2n) is 6.17. The highest BCUT2D eigenvalue weighted by atomic mass is 127. The van der Waals surface area contributed by atoms with E-state index >= 15 is 0 Å². The average Bonchev–Trinajstić information content (AvgIpc) is 3.07. The Morgan fingerprint density at radius 3 is 2.68 bits per heavy atom. The van der Waals surface area contributed by atoms with Crippen LogP contribution in [-0.2, 0) is 11.3 Å². The van der Waals surface area contributed by atoms with E-state index in [2.05, 4.69) is 34.6 Å². The number of aliphatic imine (C=N–C) groups is 1. The van der Waals surface area contributed by atoms with Crippen molar-refractivity contribution in [3.05, 3.63) is 17.5 Å². The molecular formula is C16H28IN5O3. The van der Waals surface area contributed by atoms with Crippen molar-refractivity contribution < 1.29 is 14.1 Å². The van der Waals surface area contributed by atoms with Crippen molar-refractivity contribution in [2.24, 2.45) is 4.99 Å². The molecule has 1 amide bonds. The van der Waals surface area contributed by atoms with Gasteiger partial charge in [-0.25, -0.2) is 4.79 Å². The summed E-state index contributed by atoms with van der Waals surface area (Å²) in [6, 6.07) is 2.23. The van der Waals surface area contributed by atoms with E-state index in [1.807, 2.05) is 6.07 Å². The fraction of sp³-hybridized carbons (Fsp3) is 0.688. The molecule has 0 atom stereocenters. The van der Waals surface area contributed by atoms with E-state index in [0.717, 1.165) is 24.3 Å². The van der Waals surface area contributed by atoms with Crippen LogP contribution in [-0.4, -0.2) is 55.4 Å². The summed E-state index contributed by atoms with van der Waals surface area (Å²) in [4.78, 5) is 17.4. The summed E-state index contributed by atoms with van der Waals surface area (Å²) < 4.78 is 10.1. The van der Waals surface area contributed by atoms with E-state index in [1.54, 1.807) is 11.9 Å². The van der Waals surface area contributed by atoms with Gasteiger partial charge in [-0.2, -0.15) is 0 Å². The monoisotopic (exact) mass is 465 g/mol. The first-order chi connectivity index (χ1) is 11.5. The zero-order valence-corrected chi connectivity index (χ0v) is 17.6. The van der Waals surface area contributed by atoms with E-state index in [-0.39, 0.29) is 36.1 Å². The Balaban J connectivity index is 0.00000312. The van der Waals surface area contributed by atoms with Crippen molar-refractivity contribution in [1.29, 1.82) is 0 Å². The maximum absolute atomic E-state index is 11.5. The van der Waals surface area contributed by atoms with Gasteiger partial charge in [0.25, 0.3) is 0 Å². The molecule has 8 nitrogen and oxygen atoms in total. The van der Waals surface area contributed by atoms with Gasteiger partial charge in [-0.1, -0.05) is 19.0 Å². The summed E-state index contributed by atoms with van der Waals surface area (Å²) in [5, 5.41) is 10.7. The minimum Gasteiger partial charge on any atom is -0.453 e. The van der Waals surface area contributed by atoms with Gasteiger partial charge in [-0.05, 0) is 18.8 Å². The molecule has 0 saturated carbocycles. The molecule has 0 aliphatic carbocycles. The van der Waals surface area contributed by atoms with Crippen LogP contribution in [0.4, 0.5) is 4.79 Å². The number of amides is 1. The van der Waals surface area contributed by atoms with Crippen molar-refractivity contribution >= 4 is 36.0 Å². The third-order valence-electron chi connectivity index (χ3n) is 4.09. The van der Waals surface area contributed by atoms with Gasteiger partial charge in [0, 0.05) is 32.2 Å². The van der Waals surface area contributed by atoms with Gasteiger partial charge in [-0.15, -0.1) is 24.0 Å². The van der Waals surface area contributed by atoms with Crippen LogP contribution in [0.25, 0.3) is 0 Å². The molecule has 2 heterocycles. The van der Waals surface area contributed by atoms with E-state index < -0.39 is 0 Å². The van der Waals surface area contributed by atoms with Gasteiger partial charge in [0.05, 0.1) is 19.3 Å². The van der Waals surface area contributed by atoms with Crippen LogP contribution < -0.4 is 10.6 Å². The van der Waals surface area contributed by atoms with Crippen LogP contribution in [0.5, 0.6) is 0 Å². The van der Waals surface area contributed by atoms with E-state index in [9.17, 15) is 4.79 Å². The zero-order chi connectivity index (χ0) is 17.5. The Morgan fingerprint density at radius 1 is 1.48 bits per heavy atom. The van der Waals surface area contributed by atoms with Crippen LogP contribution in [0.1, 0.15) is 44.1 Å². The first-order valence-corrected chi connectivity index (χ1v) is 8.29. The van der Waals surface area contributed by atoms with E-state index in [1.165, 1.54) is 7.11 Å². The van der Waals surface area contributed by atoms with Gasteiger partial charge < -0.3 is 24.8 Å². The number of halogens is 1. The number of aromatic nitrogens is 1. The number of carbonyl (C=O) groups excluding carboxylic acids is 1. The van der Waals surface area contributed by atoms with Crippen molar-refractivity contribution in [3.8, 4) is 0 Å². The predicted molar refractivity (Wildman–Crippen MR) is 106 cm³/mol. The van der Waals surface area contributed by atoms with Crippen LogP contribution in [0.2, 0.25) is 0 Å². The maximum atomic E-state index is 11.5. The topological polar surface area (TPSA) is 92.0 Å². The lowest BCUT2D eigenvalue weighted by Crippen LogP contribution is -2.49. The van der Waals surface area contributed by atoms with Crippen molar-refractivity contribution in [2.75, 3.05) is 27.2 Å². The fourth-order valence-electron chi connectivity index (χ4n) is 2.58. The van der Waals surface area contributed by atoms with Gasteiger partial charge >= 0.3 is 6.09 Å². The Hall–Kier alpha value is -1.52. The quantitative estimate of drug-likeness (QED) is 0.403. The van der Waals surface area contributed by atoms with Gasteiger partial charge in [0.15, 0.2) is 11.7 Å². The molecule has 2 N–H and O–H groups in total. The lowest BCUT2D eigenvalue weighted by atomic mass is 10.1. The number of methoxy groups -OCH3 is 1. The maximum Gasteiger partial charge on any atom is 0.409 e. The molecule has 1 fully saturated rings. The Labute approximate surface area is 165 Å². The minimum absolute atomic E-state index is 0. The van der Waals surface area contributed by atoms with Crippen LogP contribution in [0.3, 0.4) is 0 Å². The molecule has 1 aliphatic rings. The van der Waals surface area contributed by atoms with Crippen molar-refractivity contribution in [1.82, 2.24) is 20.7 Å². The molecule has 1 aliphatic heterocycles. The summed E-state index contributed by atoms with van der Waals surface area (Å²) in [5.74, 6) is 1.84. The molecule has 0 aromatic carbocycles. The summed E-state index contributed by atoms with van der Waals surface area (Å²) in [6.07, 6.45) is 1.45. The van der Waals surface area contributed by atoms with Gasteiger partial charge in [0.2, 0.25) is 0 Å². The highest BCUT2D eigenvalue weighted by molar-refractivity contribution is 14.0. The minimum atomic E-state index is -0.262. The molecule has 0 radical (unpaired) electrons. The third-order valence-corrected chi connectivity index (χ3v) is 4.09. The standard InChI is InChI=1S/C16H27N5O3.HI/c1-11(2)14-9-13(24-20-14)10-18-15(17-3)19-12-5-7-21(8-6-12)16(22)23-4;/h9,11-12H,5-8,10H2,1-4H3,(H2,17,18,19);1H. The highest BCUT2D eigenvalue weighted by Gasteiger charge is 2.23. The smallest absolute Gasteiger partial charge is 0.409 e. The molecule has 1 aromatic rings. The third kappa shape index (κ3) is 6.37. The number of ether oxygens (including phenoxy) is 1. The van der Waals surface area contributed by atoms with Gasteiger partial charge in [-0.3, -0.25) is 4.99 Å². The number of carbonyl (C=O) groups is 1. The first-order valence-electron chi connectivity index (χ1n) is 8.29. The average molecular weight is 465 g/mol. The molecule has 0 spiro atoms. The van der Waals surface area contributed by atoms with Crippen molar-refractivity contribution in [3.63, 3.8) is 0 Å². The number of nitrogens with one attached hydrogen (secondary N) is 2. The van der Waals surface area contributed by atoms with E-state index in [4.69, 9.17) is 9.26 Å². The molecule has 2 rings (SSSR count). The summed E-state index contributed by atoms with van der Waals surface area (Å²) >= 11 is 0. The Bertz CT molecular complexity index is 568. The molecule has 1 saturated heterocycles. The lowest BCUT2D eigenvalue weighted by Gasteiger charge is -2.32. The predicted octanol–water partition coefficient (Wildman–Crippen LogP) is 2.31. The lowest BCUT2D eigenvalue weighted by molar-refractivity contribution is 0.111. The second-order valence-corrected chi connectivity index (χ2v) is 6.17. The number of guanidine groups is 1. The number of hydrogen-bond acceptors (Lipinski definition) is 5. The molecule has 9 heteroatoms. The van der Waals surface area contributed by atoms with Crippen molar-refractivity contribution in [2.45, 2.75) is 45.2 Å². The van der Waals surface area contributed by atoms with Crippen LogP contribution in [0.15, 0.2) is 15.6 Å². The molecule has 25 heavy (non-hydrogen) atoms. The second kappa shape index (κ2) is 10.5. The molecular weight excluding hydrogens is 437 g/mol. The fourth-order valence-corrected chi connectivity index (χ4v) is 2.58. The number of rotatable bonds is 4. The van der Waals surface area contributed by atoms with E-state index in [0.29, 0.717) is 31.5 Å². The zero-order valence-electron chi connectivity index (χ0n) is 15.2. The highest BCUT2D eigenvalue weighted by Crippen LogP contribution is 2.14. The summed E-state index contributed by atoms with van der Waals surface area (Å²) in [7, 11) is 3.14. The Kier molecular flexibility index (Phi) is 9.01. The molecule has 0 bridgehead atoms. The van der Waals surface area contributed by atoms with Crippen LogP contribution in [0, 0.1) is 0 Å². The first kappa shape index (κ1) is 21.5. The SMILES string of the molecule is CN=C(NCc1cc(C(C)C)no1)NC1CCN(C(=O)OC)CC1.I. The van der Waals surface area contributed by atoms with Gasteiger partial charge in [0.1, 0.15) is 0 Å². The molecule has 142 valence electrons. The number of hydrogen-bond donors (Lipinski definition) is 2. The number of nitrogens with zero attached hydrogens (tertiary/aromatic N) is 3. The summed E-state index contributed by atoms with van der Waals surface area (Å²) in [5.41, 5.74) is 0.949.